The molecule has 0 radical (unpaired) electrons. The first kappa shape index (κ1) is 21.0. The summed E-state index contributed by atoms with van der Waals surface area (Å²) in [4.78, 5) is 35.5. The highest BCUT2D eigenvalue weighted by molar-refractivity contribution is 6.05. The summed E-state index contributed by atoms with van der Waals surface area (Å²) >= 11 is 0. The van der Waals surface area contributed by atoms with E-state index in [4.69, 9.17) is 4.74 Å². The van der Waals surface area contributed by atoms with Crippen LogP contribution in [0.5, 0.6) is 0 Å². The van der Waals surface area contributed by atoms with Crippen molar-refractivity contribution < 1.29 is 23.5 Å². The van der Waals surface area contributed by atoms with Crippen molar-refractivity contribution in [2.45, 2.75) is 26.2 Å². The summed E-state index contributed by atoms with van der Waals surface area (Å²) in [6.45, 7) is 5.58. The number of benzene rings is 2. The Bertz CT molecular complexity index is 895. The van der Waals surface area contributed by atoms with Gasteiger partial charge in [-0.05, 0) is 46.9 Å². The van der Waals surface area contributed by atoms with Crippen LogP contribution >= 0.6 is 0 Å². The predicted octanol–water partition coefficient (Wildman–Crippen LogP) is 3.64. The lowest BCUT2D eigenvalue weighted by molar-refractivity contribution is -0.143. The summed E-state index contributed by atoms with van der Waals surface area (Å²) in [5.74, 6) is -2.51. The summed E-state index contributed by atoms with van der Waals surface area (Å²) in [7, 11) is 0. The quantitative estimate of drug-likeness (QED) is 0.632. The summed E-state index contributed by atoms with van der Waals surface area (Å²) in [5, 5.41) is 2.16. The first-order valence-electron chi connectivity index (χ1n) is 8.70. The molecule has 28 heavy (non-hydrogen) atoms. The summed E-state index contributed by atoms with van der Waals surface area (Å²) in [5.41, 5.74) is 1.83. The molecule has 0 saturated carbocycles. The van der Waals surface area contributed by atoms with Gasteiger partial charge < -0.3 is 4.74 Å². The number of rotatable bonds is 5. The molecule has 0 bridgehead atoms. The molecule has 2 aromatic rings. The number of ether oxygens (including phenoxy) is 1. The van der Waals surface area contributed by atoms with E-state index < -0.39 is 30.2 Å². The number of nitrogens with one attached hydrogen (secondary N) is 1. The Balaban J connectivity index is 1.83. The van der Waals surface area contributed by atoms with E-state index in [1.54, 1.807) is 18.2 Å². The fourth-order valence-electron chi connectivity index (χ4n) is 2.32. The third kappa shape index (κ3) is 6.46. The van der Waals surface area contributed by atoms with Gasteiger partial charge in [0.15, 0.2) is 6.61 Å². The van der Waals surface area contributed by atoms with Crippen LogP contribution in [0.15, 0.2) is 54.6 Å². The van der Waals surface area contributed by atoms with E-state index in [9.17, 15) is 18.8 Å². The molecular weight excluding hydrogens is 361 g/mol. The Labute approximate surface area is 163 Å². The average Bonchev–Trinajstić information content (AvgIpc) is 2.64. The molecule has 0 atom stereocenters. The van der Waals surface area contributed by atoms with Crippen LogP contribution in [0.4, 0.5) is 4.39 Å². The highest BCUT2D eigenvalue weighted by Crippen LogP contribution is 2.22. The molecule has 146 valence electrons. The van der Waals surface area contributed by atoms with E-state index in [0.717, 1.165) is 11.6 Å². The molecule has 0 spiro atoms. The Morgan fingerprint density at radius 1 is 1.07 bits per heavy atom. The number of halogens is 1. The molecule has 1 N–H and O–H groups in total. The number of esters is 1. The van der Waals surface area contributed by atoms with E-state index in [-0.39, 0.29) is 5.41 Å². The van der Waals surface area contributed by atoms with Gasteiger partial charge in [-0.3, -0.25) is 14.9 Å². The van der Waals surface area contributed by atoms with Crippen LogP contribution < -0.4 is 5.32 Å². The Morgan fingerprint density at radius 2 is 1.75 bits per heavy atom. The maximum Gasteiger partial charge on any atom is 0.331 e. The fourth-order valence-corrected chi connectivity index (χ4v) is 2.32. The van der Waals surface area contributed by atoms with Crippen molar-refractivity contribution in [1.29, 1.82) is 0 Å². The molecule has 2 aromatic carbocycles. The van der Waals surface area contributed by atoms with Gasteiger partial charge >= 0.3 is 5.97 Å². The summed E-state index contributed by atoms with van der Waals surface area (Å²) in [6.07, 6.45) is 2.44. The molecule has 0 aliphatic heterocycles. The van der Waals surface area contributed by atoms with Crippen LogP contribution in [0, 0.1) is 5.82 Å². The van der Waals surface area contributed by atoms with Crippen molar-refractivity contribution in [3.63, 3.8) is 0 Å². The van der Waals surface area contributed by atoms with Crippen molar-refractivity contribution in [2.75, 3.05) is 6.61 Å². The topological polar surface area (TPSA) is 72.5 Å². The van der Waals surface area contributed by atoms with Gasteiger partial charge in [0.05, 0.1) is 0 Å². The second-order valence-corrected chi connectivity index (χ2v) is 7.20. The number of amides is 2. The molecule has 5 nitrogen and oxygen atoms in total. The van der Waals surface area contributed by atoms with Crippen LogP contribution in [-0.2, 0) is 19.7 Å². The van der Waals surface area contributed by atoms with E-state index in [0.29, 0.717) is 11.1 Å². The van der Waals surface area contributed by atoms with Gasteiger partial charge in [-0.15, -0.1) is 0 Å². The zero-order chi connectivity index (χ0) is 20.7. The maximum atomic E-state index is 13.1. The number of hydrogen-bond acceptors (Lipinski definition) is 4. The fraction of sp³-hybridized carbons (Fsp3) is 0.227. The van der Waals surface area contributed by atoms with Gasteiger partial charge in [-0.2, -0.15) is 0 Å². The zero-order valence-corrected chi connectivity index (χ0v) is 16.0. The lowest BCUT2D eigenvalue weighted by Gasteiger charge is -2.18. The van der Waals surface area contributed by atoms with Gasteiger partial charge in [-0.25, -0.2) is 9.18 Å². The largest absolute Gasteiger partial charge is 0.452 e. The second-order valence-electron chi connectivity index (χ2n) is 7.20. The van der Waals surface area contributed by atoms with Gasteiger partial charge in [0.2, 0.25) is 0 Å². The molecule has 0 aliphatic carbocycles. The molecule has 2 amide bonds. The molecule has 2 rings (SSSR count). The third-order valence-electron chi connectivity index (χ3n) is 3.87. The molecule has 0 heterocycles. The standard InChI is InChI=1S/C22H22FNO4/c1-22(2,3)17-10-8-16(9-11-17)21(27)24-19(25)14-28-20(26)12-7-15-5-4-6-18(23)13-15/h4-13H,14H2,1-3H3,(H,24,25,27). The SMILES string of the molecule is CC(C)(C)c1ccc(C(=O)NC(=O)COC(=O)C=Cc2cccc(F)c2)cc1. The first-order chi connectivity index (χ1) is 13.1. The summed E-state index contributed by atoms with van der Waals surface area (Å²) in [6, 6.07) is 12.6. The average molecular weight is 383 g/mol. The van der Waals surface area contributed by atoms with E-state index in [1.807, 2.05) is 12.1 Å². The normalized spacial score (nSPS) is 11.3. The number of hydrogen-bond donors (Lipinski definition) is 1. The Kier molecular flexibility index (Phi) is 6.82. The minimum absolute atomic E-state index is 0.0436. The third-order valence-corrected chi connectivity index (χ3v) is 3.87. The van der Waals surface area contributed by atoms with Crippen molar-refractivity contribution >= 4 is 23.9 Å². The highest BCUT2D eigenvalue weighted by atomic mass is 19.1. The number of carbonyl (C=O) groups is 3. The Hall–Kier alpha value is -3.28. The maximum absolute atomic E-state index is 13.1. The minimum atomic E-state index is -0.776. The molecule has 0 saturated heterocycles. The molecule has 0 aliphatic rings. The van der Waals surface area contributed by atoms with Crippen molar-refractivity contribution in [2.24, 2.45) is 0 Å². The molecule has 0 unspecified atom stereocenters. The first-order valence-corrected chi connectivity index (χ1v) is 8.70. The van der Waals surface area contributed by atoms with E-state index in [2.05, 4.69) is 26.1 Å². The monoisotopic (exact) mass is 383 g/mol. The molecule has 0 aromatic heterocycles. The van der Waals surface area contributed by atoms with Gasteiger partial charge in [0, 0.05) is 11.6 Å². The van der Waals surface area contributed by atoms with Crippen molar-refractivity contribution in [3.05, 3.63) is 77.1 Å². The smallest absolute Gasteiger partial charge is 0.331 e. The molecular formula is C22H22FNO4. The van der Waals surface area contributed by atoms with Crippen molar-refractivity contribution in [1.82, 2.24) is 5.32 Å². The predicted molar refractivity (Wildman–Crippen MR) is 104 cm³/mol. The van der Waals surface area contributed by atoms with Crippen LogP contribution in [0.1, 0.15) is 42.3 Å². The van der Waals surface area contributed by atoms with E-state index >= 15 is 0 Å². The molecule has 0 fully saturated rings. The van der Waals surface area contributed by atoms with Gasteiger partial charge in [0.1, 0.15) is 5.82 Å². The molecule has 6 heteroatoms. The zero-order valence-electron chi connectivity index (χ0n) is 16.0. The van der Waals surface area contributed by atoms with E-state index in [1.165, 1.54) is 24.3 Å². The lowest BCUT2D eigenvalue weighted by atomic mass is 9.87. The van der Waals surface area contributed by atoms with Crippen LogP contribution in [0.25, 0.3) is 6.08 Å². The minimum Gasteiger partial charge on any atom is -0.452 e. The summed E-state index contributed by atoms with van der Waals surface area (Å²) < 4.78 is 17.8. The van der Waals surface area contributed by atoms with Crippen molar-refractivity contribution in [3.8, 4) is 0 Å². The van der Waals surface area contributed by atoms with Crippen LogP contribution in [-0.4, -0.2) is 24.4 Å². The Morgan fingerprint density at radius 3 is 2.36 bits per heavy atom. The number of carbonyl (C=O) groups excluding carboxylic acids is 3. The van der Waals surface area contributed by atoms with Crippen LogP contribution in [0.3, 0.4) is 0 Å². The second kappa shape index (κ2) is 9.08. The lowest BCUT2D eigenvalue weighted by Crippen LogP contribution is -2.34. The van der Waals surface area contributed by atoms with Gasteiger partial charge in [0.25, 0.3) is 11.8 Å². The van der Waals surface area contributed by atoms with Gasteiger partial charge in [-0.1, -0.05) is 45.0 Å². The highest BCUT2D eigenvalue weighted by Gasteiger charge is 2.15. The number of imide groups is 1. The van der Waals surface area contributed by atoms with Crippen LogP contribution in [0.2, 0.25) is 0 Å².